The summed E-state index contributed by atoms with van der Waals surface area (Å²) in [6.45, 7) is 10.4. The van der Waals surface area contributed by atoms with E-state index in [0.717, 1.165) is 12.8 Å². The maximum absolute atomic E-state index is 12.7. The third kappa shape index (κ3) is 7.17. The molecule has 4 aliphatic carbocycles. The Labute approximate surface area is 314 Å². The molecule has 8 N–H and O–H groups in total. The van der Waals surface area contributed by atoms with Crippen LogP contribution in [-0.4, -0.2) is 154 Å². The smallest absolute Gasteiger partial charge is 0.186 e. The van der Waals surface area contributed by atoms with Gasteiger partial charge in [0.15, 0.2) is 12.6 Å². The maximum atomic E-state index is 12.7. The van der Waals surface area contributed by atoms with Gasteiger partial charge in [0.25, 0.3) is 0 Å². The fraction of sp³-hybridized carbons (Fsp3) is 1.00. The second-order valence-electron chi connectivity index (χ2n) is 18.3. The van der Waals surface area contributed by atoms with Crippen LogP contribution < -0.4 is 0 Å². The number of fused-ring (bicyclic) bond motifs is 5. The van der Waals surface area contributed by atoms with Gasteiger partial charge in [-0.05, 0) is 91.8 Å². The van der Waals surface area contributed by atoms with Crippen molar-refractivity contribution in [3.63, 3.8) is 0 Å². The van der Waals surface area contributed by atoms with E-state index >= 15 is 0 Å². The molecule has 6 rings (SSSR count). The normalized spacial score (nSPS) is 52.8. The zero-order chi connectivity index (χ0) is 38.8. The Hall–Kier alpha value is -0.560. The molecule has 2 aliphatic heterocycles. The highest BCUT2D eigenvalue weighted by atomic mass is 16.8. The first-order valence-corrected chi connectivity index (χ1v) is 20.0. The molecule has 2 heterocycles. The molecular formula is C39H68O14. The summed E-state index contributed by atoms with van der Waals surface area (Å²) in [7, 11) is 2.86. The van der Waals surface area contributed by atoms with Crippen LogP contribution in [0.5, 0.6) is 0 Å². The first kappa shape index (κ1) is 42.1. The summed E-state index contributed by atoms with van der Waals surface area (Å²) in [5, 5.41) is 90.1. The molecule has 308 valence electrons. The minimum atomic E-state index is -1.66. The van der Waals surface area contributed by atoms with Gasteiger partial charge in [-0.1, -0.05) is 34.6 Å². The average molecular weight is 761 g/mol. The van der Waals surface area contributed by atoms with Crippen LogP contribution in [0.25, 0.3) is 0 Å². The van der Waals surface area contributed by atoms with Crippen molar-refractivity contribution in [2.45, 2.75) is 171 Å². The lowest BCUT2D eigenvalue weighted by Gasteiger charge is -2.67. The van der Waals surface area contributed by atoms with Gasteiger partial charge in [-0.3, -0.25) is 0 Å². The van der Waals surface area contributed by atoms with Crippen LogP contribution in [0.4, 0.5) is 0 Å². The van der Waals surface area contributed by atoms with Gasteiger partial charge in [0, 0.05) is 20.1 Å². The van der Waals surface area contributed by atoms with E-state index in [-0.39, 0.29) is 48.9 Å². The summed E-state index contributed by atoms with van der Waals surface area (Å²) < 4.78 is 35.3. The van der Waals surface area contributed by atoms with Crippen molar-refractivity contribution in [3.05, 3.63) is 0 Å². The lowest BCUT2D eigenvalue weighted by atomic mass is 9.41. The highest BCUT2D eigenvalue weighted by molar-refractivity contribution is 5.23. The second kappa shape index (κ2) is 16.0. The van der Waals surface area contributed by atoms with E-state index in [9.17, 15) is 40.9 Å². The van der Waals surface area contributed by atoms with Gasteiger partial charge in [-0.15, -0.1) is 0 Å². The Balaban J connectivity index is 1.15. The van der Waals surface area contributed by atoms with Gasteiger partial charge >= 0.3 is 0 Å². The molecule has 53 heavy (non-hydrogen) atoms. The molecular weight excluding hydrogens is 692 g/mol. The number of aliphatic hydroxyl groups is 8. The number of ether oxygens (including phenoxy) is 6. The van der Waals surface area contributed by atoms with Crippen LogP contribution in [0.2, 0.25) is 0 Å². The number of rotatable bonds is 11. The lowest BCUT2D eigenvalue weighted by molar-refractivity contribution is -0.352. The zero-order valence-corrected chi connectivity index (χ0v) is 32.6. The highest BCUT2D eigenvalue weighted by Gasteiger charge is 2.73. The predicted octanol–water partition coefficient (Wildman–Crippen LogP) is 0.702. The average Bonchev–Trinajstić information content (AvgIpc) is 3.40. The molecule has 0 amide bonds. The highest BCUT2D eigenvalue weighted by Crippen LogP contribution is 2.69. The molecule has 6 fully saturated rings. The Bertz CT molecular complexity index is 1230. The molecule has 0 spiro atoms. The zero-order valence-electron chi connectivity index (χ0n) is 32.6. The van der Waals surface area contributed by atoms with Gasteiger partial charge in [0.1, 0.15) is 48.3 Å². The lowest BCUT2D eigenvalue weighted by Crippen LogP contribution is -2.75. The largest absolute Gasteiger partial charge is 0.393 e. The molecule has 2 saturated heterocycles. The van der Waals surface area contributed by atoms with Crippen LogP contribution >= 0.6 is 0 Å². The Morgan fingerprint density at radius 2 is 1.42 bits per heavy atom. The van der Waals surface area contributed by atoms with Crippen molar-refractivity contribution in [1.82, 2.24) is 0 Å². The fourth-order valence-electron chi connectivity index (χ4n) is 12.3. The van der Waals surface area contributed by atoms with Crippen LogP contribution in [0.3, 0.4) is 0 Å². The van der Waals surface area contributed by atoms with Gasteiger partial charge in [0.2, 0.25) is 0 Å². The van der Waals surface area contributed by atoms with Crippen LogP contribution in [0, 0.1) is 46.3 Å². The summed E-state index contributed by atoms with van der Waals surface area (Å²) in [5.74, 6) is -1.06. The fourth-order valence-corrected chi connectivity index (χ4v) is 12.3. The predicted molar refractivity (Wildman–Crippen MR) is 189 cm³/mol. The van der Waals surface area contributed by atoms with Crippen molar-refractivity contribution in [1.29, 1.82) is 0 Å². The van der Waals surface area contributed by atoms with Crippen molar-refractivity contribution in [3.8, 4) is 0 Å². The SMILES string of the molecule is CO[C@@H]1[C@@H](O[C@@H]2OC[C@@H](OC)[C@H](O)[C@H]2O)[C@H](O[C@@H](CC[C@@H](C)[C@H]2C[C@H](O)[C@@H]3[C@]2(C)CC[C@@H]2[C@@]4(C)CC[C@H](O)C[C@@H]4[C@@H](O)[C@@H](O)[C@]23O)C(C)C)OC[C@H]1O. The molecule has 21 atom stereocenters. The quantitative estimate of drug-likeness (QED) is 0.146. The van der Waals surface area contributed by atoms with Gasteiger partial charge in [0.05, 0.1) is 37.6 Å². The van der Waals surface area contributed by atoms with Crippen molar-refractivity contribution in [2.75, 3.05) is 27.4 Å². The first-order chi connectivity index (χ1) is 24.9. The van der Waals surface area contributed by atoms with Crippen molar-refractivity contribution < 1.29 is 69.3 Å². The number of hydrogen-bond acceptors (Lipinski definition) is 14. The molecule has 0 aromatic carbocycles. The summed E-state index contributed by atoms with van der Waals surface area (Å²) >= 11 is 0. The molecule has 0 aromatic rings. The van der Waals surface area contributed by atoms with Crippen LogP contribution in [-0.2, 0) is 28.4 Å². The first-order valence-electron chi connectivity index (χ1n) is 20.0. The van der Waals surface area contributed by atoms with Gasteiger partial charge in [-0.2, -0.15) is 0 Å². The van der Waals surface area contributed by atoms with E-state index < -0.39 is 96.0 Å². The molecule has 0 bridgehead atoms. The number of methoxy groups -OCH3 is 2. The van der Waals surface area contributed by atoms with Crippen LogP contribution in [0.1, 0.15) is 86.0 Å². The topological polar surface area (TPSA) is 217 Å². The van der Waals surface area contributed by atoms with E-state index in [1.54, 1.807) is 0 Å². The molecule has 4 saturated carbocycles. The number of aliphatic hydroxyl groups excluding tert-OH is 7. The van der Waals surface area contributed by atoms with Crippen molar-refractivity contribution >= 4 is 0 Å². The maximum Gasteiger partial charge on any atom is 0.186 e. The standard InChI is InChI=1S/C39H68O14/c1-18(2)25(52-36-32(31(49-7)24(42)16-50-36)53-35-30(45)29(44)26(48-6)17-51-35)9-8-19(3)21-15-23(41)33-38(21,5)13-11-27-37(4)12-10-20(40)14-22(37)28(43)34(46)39(27,33)47/h18-36,40-47H,8-17H2,1-7H3/t19-,20+,21-,22-,23+,24-,25+,26-,27-,28-,29+,30-,31+,32-,33-,34-,35+,36+,37+,38-,39+/m1/s1. The summed E-state index contributed by atoms with van der Waals surface area (Å²) in [6.07, 6.45) is -7.94. The van der Waals surface area contributed by atoms with E-state index in [2.05, 4.69) is 20.8 Å². The molecule has 0 aromatic heterocycles. The molecule has 6 aliphatic rings. The van der Waals surface area contributed by atoms with E-state index in [0.29, 0.717) is 38.5 Å². The third-order valence-electron chi connectivity index (χ3n) is 15.2. The Morgan fingerprint density at radius 1 is 0.736 bits per heavy atom. The minimum absolute atomic E-state index is 0.0115. The van der Waals surface area contributed by atoms with Gasteiger partial charge in [-0.25, -0.2) is 0 Å². The monoisotopic (exact) mass is 760 g/mol. The molecule has 14 heteroatoms. The Kier molecular flexibility index (Phi) is 12.7. The van der Waals surface area contributed by atoms with Crippen molar-refractivity contribution in [2.24, 2.45) is 46.3 Å². The molecule has 0 unspecified atom stereocenters. The van der Waals surface area contributed by atoms with Crippen LogP contribution in [0.15, 0.2) is 0 Å². The second-order valence-corrected chi connectivity index (χ2v) is 18.3. The Morgan fingerprint density at radius 3 is 2.08 bits per heavy atom. The number of hydrogen-bond donors (Lipinski definition) is 8. The summed E-state index contributed by atoms with van der Waals surface area (Å²) in [6, 6.07) is 0. The minimum Gasteiger partial charge on any atom is -0.393 e. The summed E-state index contributed by atoms with van der Waals surface area (Å²) in [4.78, 5) is 0. The van der Waals surface area contributed by atoms with E-state index in [4.69, 9.17) is 28.4 Å². The van der Waals surface area contributed by atoms with Gasteiger partial charge < -0.3 is 69.3 Å². The molecule has 14 nitrogen and oxygen atoms in total. The molecule has 0 radical (unpaired) electrons. The van der Waals surface area contributed by atoms with E-state index in [1.807, 2.05) is 13.8 Å². The van der Waals surface area contributed by atoms with E-state index in [1.165, 1.54) is 14.2 Å². The third-order valence-corrected chi connectivity index (χ3v) is 15.2. The summed E-state index contributed by atoms with van der Waals surface area (Å²) in [5.41, 5.74) is -2.62.